The molecule has 1 atom stereocenters. The van der Waals surface area contributed by atoms with Crippen LogP contribution in [0, 0.1) is 5.92 Å². The Morgan fingerprint density at radius 1 is 1.04 bits per heavy atom. The van der Waals surface area contributed by atoms with Gasteiger partial charge in [0.1, 0.15) is 5.75 Å². The van der Waals surface area contributed by atoms with Gasteiger partial charge in [-0.1, -0.05) is 49.4 Å². The third-order valence-corrected chi connectivity index (χ3v) is 5.05. The minimum absolute atomic E-state index is 0.0419. The van der Waals surface area contributed by atoms with Crippen molar-refractivity contribution in [2.45, 2.75) is 19.8 Å². The van der Waals surface area contributed by atoms with Crippen LogP contribution in [0.3, 0.4) is 0 Å². The molecule has 4 nitrogen and oxygen atoms in total. The molecule has 1 amide bonds. The summed E-state index contributed by atoms with van der Waals surface area (Å²) >= 11 is 0. The van der Waals surface area contributed by atoms with E-state index >= 15 is 0 Å². The smallest absolute Gasteiger partial charge is 0.316 e. The Bertz CT molecular complexity index is 994. The minimum Gasteiger partial charge on any atom is -0.426 e. The summed E-state index contributed by atoms with van der Waals surface area (Å²) in [7, 11) is 0. The topological polar surface area (TPSA) is 46.6 Å². The van der Waals surface area contributed by atoms with E-state index in [1.165, 1.54) is 5.56 Å². The standard InChI is InChI=1S/C23H21NO3/c1-2-16-7-10-20(11-8-16)24-15-19(14-22(24)25)23(26)27-21-12-9-17-5-3-4-6-18(17)13-21/h3-13,19H,2,14-15H2,1H3/t19-/m0/s1. The molecule has 1 aliphatic heterocycles. The number of hydrogen-bond donors (Lipinski definition) is 0. The van der Waals surface area contributed by atoms with Gasteiger partial charge in [0, 0.05) is 18.7 Å². The van der Waals surface area contributed by atoms with Crippen molar-refractivity contribution >= 4 is 28.3 Å². The SMILES string of the molecule is CCc1ccc(N2C[C@@H](C(=O)Oc3ccc4ccccc4c3)CC2=O)cc1. The summed E-state index contributed by atoms with van der Waals surface area (Å²) in [6.45, 7) is 2.45. The summed E-state index contributed by atoms with van der Waals surface area (Å²) in [5.41, 5.74) is 2.05. The third-order valence-electron chi connectivity index (χ3n) is 5.05. The van der Waals surface area contributed by atoms with E-state index < -0.39 is 5.92 Å². The number of benzene rings is 3. The number of fused-ring (bicyclic) bond motifs is 1. The van der Waals surface area contributed by atoms with Gasteiger partial charge >= 0.3 is 5.97 Å². The minimum atomic E-state index is -0.449. The first kappa shape index (κ1) is 17.3. The Morgan fingerprint density at radius 3 is 2.52 bits per heavy atom. The van der Waals surface area contributed by atoms with Gasteiger partial charge in [-0.15, -0.1) is 0 Å². The number of carbonyl (C=O) groups is 2. The van der Waals surface area contributed by atoms with Crippen molar-refractivity contribution in [1.29, 1.82) is 0 Å². The highest BCUT2D eigenvalue weighted by Gasteiger charge is 2.36. The summed E-state index contributed by atoms with van der Waals surface area (Å²) in [5, 5.41) is 2.11. The highest BCUT2D eigenvalue weighted by atomic mass is 16.5. The molecule has 1 aliphatic rings. The lowest BCUT2D eigenvalue weighted by atomic mass is 10.1. The van der Waals surface area contributed by atoms with E-state index in [4.69, 9.17) is 4.74 Å². The number of anilines is 1. The van der Waals surface area contributed by atoms with Crippen molar-refractivity contribution in [1.82, 2.24) is 0 Å². The van der Waals surface area contributed by atoms with Crippen LogP contribution in [0.5, 0.6) is 5.75 Å². The molecule has 4 heteroatoms. The van der Waals surface area contributed by atoms with Gasteiger partial charge in [-0.05, 0) is 47.0 Å². The molecule has 0 unspecified atom stereocenters. The van der Waals surface area contributed by atoms with Crippen molar-refractivity contribution < 1.29 is 14.3 Å². The van der Waals surface area contributed by atoms with E-state index in [1.807, 2.05) is 60.7 Å². The summed E-state index contributed by atoms with van der Waals surface area (Å²) in [6, 6.07) is 21.4. The lowest BCUT2D eigenvalue weighted by molar-refractivity contribution is -0.139. The Balaban J connectivity index is 1.46. The predicted octanol–water partition coefficient (Wildman–Crippen LogP) is 4.36. The van der Waals surface area contributed by atoms with Crippen molar-refractivity contribution in [3.05, 3.63) is 72.3 Å². The zero-order valence-corrected chi connectivity index (χ0v) is 15.2. The van der Waals surface area contributed by atoms with Gasteiger partial charge in [0.05, 0.1) is 5.92 Å². The first-order valence-corrected chi connectivity index (χ1v) is 9.24. The van der Waals surface area contributed by atoms with Crippen molar-refractivity contribution in [3.63, 3.8) is 0 Å². The average Bonchev–Trinajstić information content (AvgIpc) is 3.10. The van der Waals surface area contributed by atoms with E-state index in [-0.39, 0.29) is 18.3 Å². The number of aryl methyl sites for hydroxylation is 1. The zero-order chi connectivity index (χ0) is 18.8. The molecule has 0 N–H and O–H groups in total. The van der Waals surface area contributed by atoms with Crippen LogP contribution < -0.4 is 9.64 Å². The van der Waals surface area contributed by atoms with Crippen LogP contribution in [0.15, 0.2) is 66.7 Å². The molecule has 0 spiro atoms. The Morgan fingerprint density at radius 2 is 1.78 bits per heavy atom. The summed E-state index contributed by atoms with van der Waals surface area (Å²) in [4.78, 5) is 26.6. The molecular weight excluding hydrogens is 338 g/mol. The highest BCUT2D eigenvalue weighted by Crippen LogP contribution is 2.28. The van der Waals surface area contributed by atoms with Crippen LogP contribution in [-0.2, 0) is 16.0 Å². The van der Waals surface area contributed by atoms with Gasteiger partial charge in [0.25, 0.3) is 0 Å². The van der Waals surface area contributed by atoms with Crippen molar-refractivity contribution in [2.24, 2.45) is 5.92 Å². The first-order chi connectivity index (χ1) is 13.1. The van der Waals surface area contributed by atoms with Gasteiger partial charge < -0.3 is 9.64 Å². The monoisotopic (exact) mass is 359 g/mol. The van der Waals surface area contributed by atoms with E-state index in [0.717, 1.165) is 22.9 Å². The Labute approximate surface area is 158 Å². The molecule has 1 saturated heterocycles. The van der Waals surface area contributed by atoms with E-state index in [1.54, 1.807) is 11.0 Å². The van der Waals surface area contributed by atoms with E-state index in [0.29, 0.717) is 12.3 Å². The number of hydrogen-bond acceptors (Lipinski definition) is 3. The molecule has 0 aliphatic carbocycles. The maximum atomic E-state index is 12.6. The molecule has 3 aromatic carbocycles. The normalized spacial score (nSPS) is 16.7. The van der Waals surface area contributed by atoms with Crippen molar-refractivity contribution in [3.8, 4) is 5.75 Å². The van der Waals surface area contributed by atoms with Crippen LogP contribution in [-0.4, -0.2) is 18.4 Å². The molecule has 0 bridgehead atoms. The van der Waals surface area contributed by atoms with E-state index in [9.17, 15) is 9.59 Å². The van der Waals surface area contributed by atoms with Gasteiger partial charge in [0.15, 0.2) is 0 Å². The fourth-order valence-corrected chi connectivity index (χ4v) is 3.46. The lowest BCUT2D eigenvalue weighted by Crippen LogP contribution is -2.27. The van der Waals surface area contributed by atoms with Crippen molar-refractivity contribution in [2.75, 3.05) is 11.4 Å². The van der Waals surface area contributed by atoms with Crippen LogP contribution in [0.4, 0.5) is 5.69 Å². The largest absolute Gasteiger partial charge is 0.426 e. The molecule has 0 aromatic heterocycles. The molecule has 0 saturated carbocycles. The van der Waals surface area contributed by atoms with Crippen LogP contribution in [0.25, 0.3) is 10.8 Å². The van der Waals surface area contributed by atoms with Gasteiger partial charge in [-0.25, -0.2) is 0 Å². The summed E-state index contributed by atoms with van der Waals surface area (Å²) < 4.78 is 5.56. The maximum absolute atomic E-state index is 12.6. The number of rotatable bonds is 4. The van der Waals surface area contributed by atoms with Crippen LogP contribution >= 0.6 is 0 Å². The fraction of sp³-hybridized carbons (Fsp3) is 0.217. The lowest BCUT2D eigenvalue weighted by Gasteiger charge is -2.17. The maximum Gasteiger partial charge on any atom is 0.316 e. The second-order valence-electron chi connectivity index (χ2n) is 6.86. The first-order valence-electron chi connectivity index (χ1n) is 9.24. The summed E-state index contributed by atoms with van der Waals surface area (Å²) in [6.07, 6.45) is 1.14. The van der Waals surface area contributed by atoms with Crippen LogP contribution in [0.1, 0.15) is 18.9 Å². The van der Waals surface area contributed by atoms with Gasteiger partial charge in [-0.2, -0.15) is 0 Å². The highest BCUT2D eigenvalue weighted by molar-refractivity contribution is 5.99. The second-order valence-corrected chi connectivity index (χ2v) is 6.86. The molecule has 3 aromatic rings. The number of ether oxygens (including phenoxy) is 1. The number of nitrogens with zero attached hydrogens (tertiary/aromatic N) is 1. The number of esters is 1. The second kappa shape index (κ2) is 7.23. The third kappa shape index (κ3) is 3.56. The molecule has 1 heterocycles. The average molecular weight is 359 g/mol. The number of carbonyl (C=O) groups excluding carboxylic acids is 2. The molecular formula is C23H21NO3. The van der Waals surface area contributed by atoms with E-state index in [2.05, 4.69) is 6.92 Å². The molecule has 136 valence electrons. The quantitative estimate of drug-likeness (QED) is 0.514. The van der Waals surface area contributed by atoms with Gasteiger partial charge in [0.2, 0.25) is 5.91 Å². The molecule has 4 rings (SSSR count). The molecule has 27 heavy (non-hydrogen) atoms. The summed E-state index contributed by atoms with van der Waals surface area (Å²) in [5.74, 6) is -0.335. The van der Waals surface area contributed by atoms with Crippen LogP contribution in [0.2, 0.25) is 0 Å². The van der Waals surface area contributed by atoms with Gasteiger partial charge in [-0.3, -0.25) is 9.59 Å². The Hall–Kier alpha value is -3.14. The molecule has 1 fully saturated rings. The zero-order valence-electron chi connectivity index (χ0n) is 15.2. The fourth-order valence-electron chi connectivity index (χ4n) is 3.46. The predicted molar refractivity (Wildman–Crippen MR) is 106 cm³/mol. The Kier molecular flexibility index (Phi) is 4.63. The number of amides is 1. The molecule has 0 radical (unpaired) electrons.